The van der Waals surface area contributed by atoms with Gasteiger partial charge in [0.25, 0.3) is 0 Å². The van der Waals surface area contributed by atoms with E-state index in [0.29, 0.717) is 6.54 Å². The van der Waals surface area contributed by atoms with Crippen molar-refractivity contribution in [3.05, 3.63) is 35.4 Å². The molecule has 3 N–H and O–H groups in total. The van der Waals surface area contributed by atoms with Crippen LogP contribution in [0.15, 0.2) is 24.3 Å². The third-order valence-corrected chi connectivity index (χ3v) is 3.99. The quantitative estimate of drug-likeness (QED) is 0.889. The zero-order valence-electron chi connectivity index (χ0n) is 13.5. The van der Waals surface area contributed by atoms with Crippen molar-refractivity contribution >= 4 is 0 Å². The topological polar surface area (TPSA) is 58.7 Å². The second-order valence-corrected chi connectivity index (χ2v) is 6.83. The van der Waals surface area contributed by atoms with Crippen LogP contribution in [0.4, 0.5) is 0 Å². The molecular formula is C17H28N2O2. The van der Waals surface area contributed by atoms with E-state index in [2.05, 4.69) is 49.9 Å². The van der Waals surface area contributed by atoms with E-state index in [-0.39, 0.29) is 30.4 Å². The Kier molecular flexibility index (Phi) is 5.04. The second kappa shape index (κ2) is 6.44. The SMILES string of the molecule is Cc1cccc(C(C(C)N)N2CC(CO)OC(C)(C)C2)c1. The van der Waals surface area contributed by atoms with Crippen molar-refractivity contribution < 1.29 is 9.84 Å². The fraction of sp³-hybridized carbons (Fsp3) is 0.647. The largest absolute Gasteiger partial charge is 0.394 e. The molecule has 0 amide bonds. The Morgan fingerprint density at radius 1 is 1.48 bits per heavy atom. The number of rotatable bonds is 4. The van der Waals surface area contributed by atoms with Gasteiger partial charge in [0.1, 0.15) is 0 Å². The minimum atomic E-state index is -0.275. The van der Waals surface area contributed by atoms with Crippen LogP contribution < -0.4 is 5.73 Å². The number of benzene rings is 1. The third kappa shape index (κ3) is 4.04. The normalized spacial score (nSPS) is 25.5. The van der Waals surface area contributed by atoms with Gasteiger partial charge in [0.05, 0.1) is 18.3 Å². The van der Waals surface area contributed by atoms with Gasteiger partial charge >= 0.3 is 0 Å². The van der Waals surface area contributed by atoms with Gasteiger partial charge in [-0.15, -0.1) is 0 Å². The Morgan fingerprint density at radius 3 is 2.76 bits per heavy atom. The van der Waals surface area contributed by atoms with Crippen LogP contribution in [-0.4, -0.2) is 47.4 Å². The summed E-state index contributed by atoms with van der Waals surface area (Å²) in [5.41, 5.74) is 8.48. The van der Waals surface area contributed by atoms with Crippen molar-refractivity contribution in [3.8, 4) is 0 Å². The summed E-state index contributed by atoms with van der Waals surface area (Å²) in [6, 6.07) is 8.67. The van der Waals surface area contributed by atoms with E-state index < -0.39 is 0 Å². The first-order chi connectivity index (χ1) is 9.82. The molecule has 2 rings (SSSR count). The summed E-state index contributed by atoms with van der Waals surface area (Å²) in [5, 5.41) is 9.49. The molecule has 4 heteroatoms. The number of nitrogens with zero attached hydrogens (tertiary/aromatic N) is 1. The summed E-state index contributed by atoms with van der Waals surface area (Å²) in [7, 11) is 0. The van der Waals surface area contributed by atoms with E-state index in [9.17, 15) is 5.11 Å². The minimum absolute atomic E-state index is 0.0139. The summed E-state index contributed by atoms with van der Waals surface area (Å²) < 4.78 is 5.91. The molecule has 1 saturated heterocycles. The van der Waals surface area contributed by atoms with E-state index >= 15 is 0 Å². The Balaban J connectivity index is 2.29. The number of aliphatic hydroxyl groups is 1. The zero-order chi connectivity index (χ0) is 15.6. The van der Waals surface area contributed by atoms with Gasteiger partial charge in [0, 0.05) is 25.2 Å². The Bertz CT molecular complexity index is 474. The highest BCUT2D eigenvalue weighted by molar-refractivity contribution is 5.26. The molecule has 3 atom stereocenters. The van der Waals surface area contributed by atoms with Crippen LogP contribution >= 0.6 is 0 Å². The van der Waals surface area contributed by atoms with E-state index in [1.165, 1.54) is 11.1 Å². The van der Waals surface area contributed by atoms with Crippen LogP contribution in [0.5, 0.6) is 0 Å². The van der Waals surface area contributed by atoms with Gasteiger partial charge < -0.3 is 15.6 Å². The number of hydrogen-bond donors (Lipinski definition) is 2. The van der Waals surface area contributed by atoms with Crippen molar-refractivity contribution in [3.63, 3.8) is 0 Å². The predicted molar refractivity (Wildman–Crippen MR) is 85.2 cm³/mol. The molecule has 1 aromatic carbocycles. The second-order valence-electron chi connectivity index (χ2n) is 6.83. The van der Waals surface area contributed by atoms with Crippen molar-refractivity contribution in [2.45, 2.75) is 51.5 Å². The number of aryl methyl sites for hydroxylation is 1. The molecule has 1 aliphatic rings. The van der Waals surface area contributed by atoms with E-state index in [0.717, 1.165) is 6.54 Å². The molecule has 118 valence electrons. The highest BCUT2D eigenvalue weighted by Gasteiger charge is 2.37. The van der Waals surface area contributed by atoms with Crippen LogP contribution in [0.25, 0.3) is 0 Å². The van der Waals surface area contributed by atoms with Crippen LogP contribution in [0.3, 0.4) is 0 Å². The first-order valence-electron chi connectivity index (χ1n) is 7.67. The molecule has 4 nitrogen and oxygen atoms in total. The van der Waals surface area contributed by atoms with Gasteiger partial charge in [0.15, 0.2) is 0 Å². The monoisotopic (exact) mass is 292 g/mol. The maximum absolute atomic E-state index is 9.49. The maximum Gasteiger partial charge on any atom is 0.0940 e. The zero-order valence-corrected chi connectivity index (χ0v) is 13.5. The van der Waals surface area contributed by atoms with Gasteiger partial charge in [0.2, 0.25) is 0 Å². The molecule has 0 aliphatic carbocycles. The summed E-state index contributed by atoms with van der Waals surface area (Å²) in [4.78, 5) is 2.35. The van der Waals surface area contributed by atoms with E-state index in [1.807, 2.05) is 6.92 Å². The van der Waals surface area contributed by atoms with Crippen molar-refractivity contribution in [2.24, 2.45) is 5.73 Å². The maximum atomic E-state index is 9.49. The number of ether oxygens (including phenoxy) is 1. The molecule has 1 aliphatic heterocycles. The Labute approximate surface area is 127 Å². The van der Waals surface area contributed by atoms with Gasteiger partial charge in [-0.05, 0) is 33.3 Å². The van der Waals surface area contributed by atoms with E-state index in [1.54, 1.807) is 0 Å². The van der Waals surface area contributed by atoms with Crippen molar-refractivity contribution in [1.29, 1.82) is 0 Å². The molecule has 1 fully saturated rings. The summed E-state index contributed by atoms with van der Waals surface area (Å²) >= 11 is 0. The molecule has 1 heterocycles. The third-order valence-electron chi connectivity index (χ3n) is 3.99. The molecule has 3 unspecified atom stereocenters. The van der Waals surface area contributed by atoms with E-state index in [4.69, 9.17) is 10.5 Å². The summed E-state index contributed by atoms with van der Waals surface area (Å²) in [6.07, 6.45) is -0.153. The summed E-state index contributed by atoms with van der Waals surface area (Å²) in [5.74, 6) is 0. The fourth-order valence-electron chi connectivity index (χ4n) is 3.35. The number of aliphatic hydroxyl groups excluding tert-OH is 1. The average Bonchev–Trinajstić information content (AvgIpc) is 2.36. The van der Waals surface area contributed by atoms with Crippen LogP contribution in [-0.2, 0) is 4.74 Å². The van der Waals surface area contributed by atoms with Crippen molar-refractivity contribution in [2.75, 3.05) is 19.7 Å². The standard InChI is InChI=1S/C17H28N2O2/c1-12-6-5-7-14(8-12)16(13(2)18)19-9-15(10-20)21-17(3,4)11-19/h5-8,13,15-16,20H,9-11,18H2,1-4H3. The molecule has 0 spiro atoms. The Morgan fingerprint density at radius 2 is 2.19 bits per heavy atom. The molecule has 0 bridgehead atoms. The van der Waals surface area contributed by atoms with Gasteiger partial charge in [-0.3, -0.25) is 4.90 Å². The first-order valence-corrected chi connectivity index (χ1v) is 7.67. The number of nitrogens with two attached hydrogens (primary N) is 1. The number of morpholine rings is 1. The van der Waals surface area contributed by atoms with Crippen LogP contribution in [0.2, 0.25) is 0 Å². The lowest BCUT2D eigenvalue weighted by molar-refractivity contribution is -0.158. The van der Waals surface area contributed by atoms with Gasteiger partial charge in [-0.2, -0.15) is 0 Å². The van der Waals surface area contributed by atoms with Crippen LogP contribution in [0.1, 0.15) is 37.9 Å². The lowest BCUT2D eigenvalue weighted by Crippen LogP contribution is -2.56. The lowest BCUT2D eigenvalue weighted by atomic mass is 9.94. The minimum Gasteiger partial charge on any atom is -0.394 e. The lowest BCUT2D eigenvalue weighted by Gasteiger charge is -2.46. The molecule has 1 aromatic rings. The highest BCUT2D eigenvalue weighted by Crippen LogP contribution is 2.31. The average molecular weight is 292 g/mol. The molecule has 21 heavy (non-hydrogen) atoms. The highest BCUT2D eigenvalue weighted by atomic mass is 16.5. The molecule has 0 saturated carbocycles. The Hall–Kier alpha value is -0.940. The molecular weight excluding hydrogens is 264 g/mol. The van der Waals surface area contributed by atoms with Crippen molar-refractivity contribution in [1.82, 2.24) is 4.90 Å². The summed E-state index contributed by atoms with van der Waals surface area (Å²) in [6.45, 7) is 9.83. The first kappa shape index (κ1) is 16.4. The smallest absolute Gasteiger partial charge is 0.0940 e. The van der Waals surface area contributed by atoms with Gasteiger partial charge in [-0.25, -0.2) is 0 Å². The molecule has 0 radical (unpaired) electrons. The van der Waals surface area contributed by atoms with Gasteiger partial charge in [-0.1, -0.05) is 29.8 Å². The van der Waals surface area contributed by atoms with Crippen LogP contribution in [0, 0.1) is 6.92 Å². The number of hydrogen-bond acceptors (Lipinski definition) is 4. The fourth-order valence-corrected chi connectivity index (χ4v) is 3.35. The predicted octanol–water partition coefficient (Wildman–Crippen LogP) is 1.86. The molecule has 0 aromatic heterocycles.